The normalized spacial score (nSPS) is 11.2. The zero-order valence-electron chi connectivity index (χ0n) is 11.6. The Morgan fingerprint density at radius 3 is 2.52 bits per heavy atom. The van der Waals surface area contributed by atoms with Crippen LogP contribution in [0.3, 0.4) is 0 Å². The van der Waals surface area contributed by atoms with E-state index in [1.807, 2.05) is 0 Å². The van der Waals surface area contributed by atoms with Crippen molar-refractivity contribution in [3.63, 3.8) is 0 Å². The lowest BCUT2D eigenvalue weighted by atomic mass is 10.1. The highest BCUT2D eigenvalue weighted by atomic mass is 32.2. The van der Waals surface area contributed by atoms with Gasteiger partial charge >= 0.3 is 18.1 Å². The lowest BCUT2D eigenvalue weighted by Gasteiger charge is -2.14. The van der Waals surface area contributed by atoms with Gasteiger partial charge in [0.1, 0.15) is 11.8 Å². The molecule has 1 aromatic rings. The largest absolute Gasteiger partial charge is 0.466 e. The van der Waals surface area contributed by atoms with E-state index in [0.717, 1.165) is 12.1 Å². The molecule has 0 fully saturated rings. The second kappa shape index (κ2) is 8.01. The number of hydrogen-bond acceptors (Lipinski definition) is 5. The van der Waals surface area contributed by atoms with Gasteiger partial charge in [0, 0.05) is 10.5 Å². The summed E-state index contributed by atoms with van der Waals surface area (Å²) < 4.78 is 71.0. The third kappa shape index (κ3) is 6.32. The summed E-state index contributed by atoms with van der Waals surface area (Å²) in [5, 5.41) is 8.93. The lowest BCUT2D eigenvalue weighted by Crippen LogP contribution is -2.12. The first-order chi connectivity index (χ1) is 10.7. The van der Waals surface area contributed by atoms with Gasteiger partial charge in [-0.2, -0.15) is 27.2 Å². The Morgan fingerprint density at radius 1 is 1.39 bits per heavy atom. The SMILES string of the molecule is CCOC(=O)Cc1cc(SC(F)(F)F)cc(C#N)c1OC(F)F. The molecule has 0 heterocycles. The van der Waals surface area contributed by atoms with Gasteiger partial charge in [-0.25, -0.2) is 0 Å². The molecule has 126 valence electrons. The number of halogens is 5. The predicted molar refractivity (Wildman–Crippen MR) is 70.0 cm³/mol. The summed E-state index contributed by atoms with van der Waals surface area (Å²) in [6.45, 7) is -1.79. The summed E-state index contributed by atoms with van der Waals surface area (Å²) in [6.07, 6.45) is -0.600. The van der Waals surface area contributed by atoms with Crippen molar-refractivity contribution >= 4 is 17.7 Å². The molecule has 23 heavy (non-hydrogen) atoms. The Labute approximate surface area is 132 Å². The Kier molecular flexibility index (Phi) is 6.62. The first-order valence-electron chi connectivity index (χ1n) is 6.09. The molecule has 0 aliphatic rings. The second-order valence-electron chi connectivity index (χ2n) is 3.98. The van der Waals surface area contributed by atoms with Crippen LogP contribution in [0.15, 0.2) is 17.0 Å². The maximum Gasteiger partial charge on any atom is 0.446 e. The minimum Gasteiger partial charge on any atom is -0.466 e. The minimum absolute atomic E-state index is 0.00592. The molecule has 0 saturated heterocycles. The number of carbonyl (C=O) groups excluding carboxylic acids is 1. The van der Waals surface area contributed by atoms with Crippen molar-refractivity contribution in [1.82, 2.24) is 0 Å². The van der Waals surface area contributed by atoms with Crippen LogP contribution in [0, 0.1) is 11.3 Å². The number of rotatable bonds is 6. The maximum atomic E-state index is 12.4. The average Bonchev–Trinajstić information content (AvgIpc) is 2.39. The van der Waals surface area contributed by atoms with Crippen molar-refractivity contribution in [3.8, 4) is 11.8 Å². The number of ether oxygens (including phenoxy) is 2. The molecule has 0 saturated carbocycles. The van der Waals surface area contributed by atoms with Crippen molar-refractivity contribution in [2.45, 2.75) is 30.4 Å². The number of hydrogen-bond donors (Lipinski definition) is 0. The van der Waals surface area contributed by atoms with Crippen LogP contribution in [-0.2, 0) is 16.0 Å². The molecule has 0 aromatic heterocycles. The standard InChI is InChI=1S/C13H10F5NO3S/c1-2-21-10(20)5-7-3-9(23-13(16,17)18)4-8(6-19)11(7)22-12(14)15/h3-4,12H,2,5H2,1H3. The van der Waals surface area contributed by atoms with Crippen LogP contribution in [0.5, 0.6) is 5.75 Å². The summed E-state index contributed by atoms with van der Waals surface area (Å²) in [5.41, 5.74) is -5.45. The van der Waals surface area contributed by atoms with Gasteiger partial charge in [0.2, 0.25) is 0 Å². The molecule has 0 radical (unpaired) electrons. The highest BCUT2D eigenvalue weighted by molar-refractivity contribution is 8.00. The van der Waals surface area contributed by atoms with Crippen LogP contribution in [0.4, 0.5) is 22.0 Å². The third-order valence-electron chi connectivity index (χ3n) is 2.34. The molecule has 1 aromatic carbocycles. The molecule has 0 aliphatic carbocycles. The fourth-order valence-electron chi connectivity index (χ4n) is 1.66. The van der Waals surface area contributed by atoms with Crippen LogP contribution in [0.2, 0.25) is 0 Å². The fraction of sp³-hybridized carbons (Fsp3) is 0.385. The molecule has 0 N–H and O–H groups in total. The van der Waals surface area contributed by atoms with Crippen LogP contribution in [0.25, 0.3) is 0 Å². The van der Waals surface area contributed by atoms with E-state index in [-0.39, 0.29) is 12.2 Å². The number of carbonyl (C=O) groups is 1. The predicted octanol–water partition coefficient (Wildman–Crippen LogP) is 3.88. The molecule has 0 unspecified atom stereocenters. The Hall–Kier alpha value is -2.02. The summed E-state index contributed by atoms with van der Waals surface area (Å²) >= 11 is -0.534. The van der Waals surface area contributed by atoms with E-state index in [1.165, 1.54) is 13.0 Å². The summed E-state index contributed by atoms with van der Waals surface area (Å²) in [5.74, 6) is -1.48. The molecule has 0 amide bonds. The van der Waals surface area contributed by atoms with Gasteiger partial charge < -0.3 is 9.47 Å². The molecule has 0 spiro atoms. The van der Waals surface area contributed by atoms with Gasteiger partial charge in [-0.15, -0.1) is 0 Å². The van der Waals surface area contributed by atoms with Crippen molar-refractivity contribution in [2.24, 2.45) is 0 Å². The smallest absolute Gasteiger partial charge is 0.446 e. The van der Waals surface area contributed by atoms with E-state index in [2.05, 4.69) is 9.47 Å². The van der Waals surface area contributed by atoms with Crippen LogP contribution >= 0.6 is 11.8 Å². The summed E-state index contributed by atoms with van der Waals surface area (Å²) in [6, 6.07) is 3.12. The van der Waals surface area contributed by atoms with Gasteiger partial charge in [-0.3, -0.25) is 4.79 Å². The Morgan fingerprint density at radius 2 is 2.04 bits per heavy atom. The number of alkyl halides is 5. The zero-order valence-corrected chi connectivity index (χ0v) is 12.4. The van der Waals surface area contributed by atoms with Gasteiger partial charge in [0.15, 0.2) is 0 Å². The van der Waals surface area contributed by atoms with Gasteiger partial charge in [0.05, 0.1) is 18.6 Å². The van der Waals surface area contributed by atoms with Crippen molar-refractivity contribution in [2.75, 3.05) is 6.61 Å². The molecule has 0 aliphatic heterocycles. The first kappa shape index (κ1) is 19.0. The van der Waals surface area contributed by atoms with E-state index in [1.54, 1.807) is 0 Å². The summed E-state index contributed by atoms with van der Waals surface area (Å²) in [7, 11) is 0. The monoisotopic (exact) mass is 355 g/mol. The molecular formula is C13H10F5NO3S. The zero-order chi connectivity index (χ0) is 17.6. The molecule has 4 nitrogen and oxygen atoms in total. The fourth-order valence-corrected chi connectivity index (χ4v) is 2.31. The minimum atomic E-state index is -4.64. The quantitative estimate of drug-likeness (QED) is 0.440. The van der Waals surface area contributed by atoms with Crippen molar-refractivity contribution in [1.29, 1.82) is 5.26 Å². The Balaban J connectivity index is 3.31. The first-order valence-corrected chi connectivity index (χ1v) is 6.91. The van der Waals surface area contributed by atoms with Crippen LogP contribution in [-0.4, -0.2) is 24.7 Å². The highest BCUT2D eigenvalue weighted by Crippen LogP contribution is 2.40. The van der Waals surface area contributed by atoms with E-state index >= 15 is 0 Å². The van der Waals surface area contributed by atoms with Gasteiger partial charge in [0.25, 0.3) is 0 Å². The Bertz CT molecular complexity index is 613. The molecule has 10 heteroatoms. The van der Waals surface area contributed by atoms with Gasteiger partial charge in [-0.1, -0.05) is 0 Å². The topological polar surface area (TPSA) is 59.3 Å². The lowest BCUT2D eigenvalue weighted by molar-refractivity contribution is -0.142. The summed E-state index contributed by atoms with van der Waals surface area (Å²) in [4.78, 5) is 11.0. The van der Waals surface area contributed by atoms with E-state index in [0.29, 0.717) is 0 Å². The van der Waals surface area contributed by atoms with E-state index in [4.69, 9.17) is 5.26 Å². The number of benzene rings is 1. The van der Waals surface area contributed by atoms with Crippen LogP contribution in [0.1, 0.15) is 18.1 Å². The average molecular weight is 355 g/mol. The molecule has 0 bridgehead atoms. The molecule has 1 rings (SSSR count). The van der Waals surface area contributed by atoms with Crippen molar-refractivity contribution < 1.29 is 36.2 Å². The number of thioether (sulfide) groups is 1. The third-order valence-corrected chi connectivity index (χ3v) is 3.04. The van der Waals surface area contributed by atoms with Gasteiger partial charge in [-0.05, 0) is 30.8 Å². The molecular weight excluding hydrogens is 345 g/mol. The van der Waals surface area contributed by atoms with E-state index < -0.39 is 52.5 Å². The second-order valence-corrected chi connectivity index (χ2v) is 5.12. The van der Waals surface area contributed by atoms with Crippen molar-refractivity contribution in [3.05, 3.63) is 23.3 Å². The highest BCUT2D eigenvalue weighted by Gasteiger charge is 2.30. The number of nitrogens with zero attached hydrogens (tertiary/aromatic N) is 1. The number of nitriles is 1. The maximum absolute atomic E-state index is 12.4. The van der Waals surface area contributed by atoms with Crippen LogP contribution < -0.4 is 4.74 Å². The number of esters is 1. The van der Waals surface area contributed by atoms with E-state index in [9.17, 15) is 26.7 Å². The molecule has 0 atom stereocenters.